The summed E-state index contributed by atoms with van der Waals surface area (Å²) >= 11 is 0. The summed E-state index contributed by atoms with van der Waals surface area (Å²) in [4.78, 5) is 41.4. The summed E-state index contributed by atoms with van der Waals surface area (Å²) in [5, 5.41) is 13.4. The van der Waals surface area contributed by atoms with Crippen molar-refractivity contribution in [3.63, 3.8) is 0 Å². The minimum absolute atomic E-state index is 0.0191. The first-order valence-corrected chi connectivity index (χ1v) is 20.5. The molecular weight excluding hydrogens is 644 g/mol. The smallest absolute Gasteiger partial charge is 0.338 e. The number of hydrogen-bond acceptors (Lipinski definition) is 10. The summed E-state index contributed by atoms with van der Waals surface area (Å²) in [6.45, 7) is 19.2. The van der Waals surface area contributed by atoms with E-state index in [1.165, 1.54) is 6.92 Å². The summed E-state index contributed by atoms with van der Waals surface area (Å²) < 4.78 is 40.4. The van der Waals surface area contributed by atoms with Crippen molar-refractivity contribution in [1.29, 1.82) is 0 Å². The summed E-state index contributed by atoms with van der Waals surface area (Å²) in [5.74, 6) is -3.53. The fraction of sp³-hybridized carbons (Fsp3) is 0.711. The van der Waals surface area contributed by atoms with Crippen molar-refractivity contribution >= 4 is 26.0 Å². The lowest BCUT2D eigenvalue weighted by Gasteiger charge is -2.68. The second-order valence-electron chi connectivity index (χ2n) is 16.2. The second-order valence-corrected chi connectivity index (χ2v) is 20.9. The zero-order valence-electron chi connectivity index (χ0n) is 30.7. The largest absolute Gasteiger partial charge is 0.465 e. The van der Waals surface area contributed by atoms with Crippen LogP contribution in [-0.4, -0.2) is 79.2 Å². The molecule has 2 bridgehead atoms. The van der Waals surface area contributed by atoms with Crippen LogP contribution in [0.15, 0.2) is 41.7 Å². The third-order valence-corrected chi connectivity index (χ3v) is 17.6. The summed E-state index contributed by atoms with van der Waals surface area (Å²) in [5.41, 5.74) is -4.61. The molecule has 5 aliphatic rings. The van der Waals surface area contributed by atoms with Crippen LogP contribution in [0.3, 0.4) is 0 Å². The topological polar surface area (TPSA) is 127 Å². The number of ketones is 1. The lowest BCUT2D eigenvalue weighted by atomic mass is 9.44. The van der Waals surface area contributed by atoms with Gasteiger partial charge in [-0.1, -0.05) is 66.7 Å². The van der Waals surface area contributed by atoms with E-state index >= 15 is 0 Å². The number of benzene rings is 1. The number of ether oxygens (including phenoxy) is 5. The Balaban J connectivity index is 1.71. The van der Waals surface area contributed by atoms with Gasteiger partial charge in [0.25, 0.3) is 0 Å². The second kappa shape index (κ2) is 12.0. The van der Waals surface area contributed by atoms with Gasteiger partial charge in [0.05, 0.1) is 24.2 Å². The normalized spacial score (nSPS) is 40.3. The van der Waals surface area contributed by atoms with Crippen molar-refractivity contribution in [2.45, 2.75) is 142 Å². The van der Waals surface area contributed by atoms with E-state index in [0.29, 0.717) is 23.3 Å². The molecule has 1 N–H and O–H groups in total. The minimum atomic E-state index is -2.33. The number of rotatable bonds is 8. The van der Waals surface area contributed by atoms with Gasteiger partial charge in [-0.15, -0.1) is 0 Å². The fourth-order valence-electron chi connectivity index (χ4n) is 9.95. The molecule has 4 fully saturated rings. The standard InChI is InChI=1S/C38H54O10Si/c1-11-49(12-2,13-3)48-26-19-27-37(21-43-27,45-23(5)39)30-32(44-33(41)24-17-15-14-16-18-24)38(42)20-25(40)22(4)28(34(38,6)7)29-31(36(26,30)10)47-35(8,9)46-29/h14-18,22,26-27,30-32,42H,11-13,19-21H2,1-10H3/b29-28+/t22?,26?,27?,30?,31?,32?,36-,37?,38?/m1/s1. The average Bonchev–Trinajstić information content (AvgIpc) is 3.36. The zero-order chi connectivity index (χ0) is 35.9. The minimum Gasteiger partial charge on any atom is -0.465 e. The van der Waals surface area contributed by atoms with Crippen molar-refractivity contribution in [2.75, 3.05) is 6.61 Å². The first kappa shape index (κ1) is 36.2. The van der Waals surface area contributed by atoms with Crippen molar-refractivity contribution in [2.24, 2.45) is 22.7 Å². The van der Waals surface area contributed by atoms with E-state index in [9.17, 15) is 19.5 Å². The van der Waals surface area contributed by atoms with Gasteiger partial charge < -0.3 is 33.2 Å². The zero-order valence-corrected chi connectivity index (χ0v) is 31.7. The molecule has 2 saturated carbocycles. The van der Waals surface area contributed by atoms with Gasteiger partial charge in [-0.25, -0.2) is 4.79 Å². The van der Waals surface area contributed by atoms with Gasteiger partial charge in [-0.3, -0.25) is 9.59 Å². The number of hydrogen-bond donors (Lipinski definition) is 1. The first-order chi connectivity index (χ1) is 22.9. The van der Waals surface area contributed by atoms with E-state index in [1.54, 1.807) is 30.3 Å². The van der Waals surface area contributed by atoms with Crippen LogP contribution in [0.1, 0.15) is 92.4 Å². The van der Waals surface area contributed by atoms with Crippen LogP contribution >= 0.6 is 0 Å². The van der Waals surface area contributed by atoms with Crippen LogP contribution in [0.2, 0.25) is 18.1 Å². The number of fused-ring (bicyclic) bond motifs is 7. The van der Waals surface area contributed by atoms with Crippen LogP contribution in [0.4, 0.5) is 0 Å². The molecule has 9 atom stereocenters. The van der Waals surface area contributed by atoms with E-state index in [2.05, 4.69) is 20.8 Å². The Kier molecular flexibility index (Phi) is 8.87. The van der Waals surface area contributed by atoms with Crippen molar-refractivity contribution in [1.82, 2.24) is 0 Å². The molecule has 1 aromatic rings. The number of aliphatic hydroxyl groups is 1. The Morgan fingerprint density at radius 1 is 1.02 bits per heavy atom. The molecule has 0 aromatic heterocycles. The van der Waals surface area contributed by atoms with Crippen LogP contribution in [0.25, 0.3) is 0 Å². The fourth-order valence-corrected chi connectivity index (χ4v) is 12.9. The maximum atomic E-state index is 14.2. The number of carbonyl (C=O) groups is 3. The summed E-state index contributed by atoms with van der Waals surface area (Å²) in [7, 11) is -2.33. The highest BCUT2D eigenvalue weighted by molar-refractivity contribution is 6.73. The van der Waals surface area contributed by atoms with Gasteiger partial charge in [-0.05, 0) is 35.8 Å². The molecule has 270 valence electrons. The highest BCUT2D eigenvalue weighted by atomic mass is 28.4. The van der Waals surface area contributed by atoms with Gasteiger partial charge in [0.1, 0.15) is 35.5 Å². The predicted molar refractivity (Wildman–Crippen MR) is 183 cm³/mol. The van der Waals surface area contributed by atoms with Crippen molar-refractivity contribution in [3.8, 4) is 0 Å². The first-order valence-electron chi connectivity index (χ1n) is 18.0. The Bertz CT molecular complexity index is 1530. The Morgan fingerprint density at radius 2 is 1.65 bits per heavy atom. The number of carbonyl (C=O) groups excluding carboxylic acids is 3. The third-order valence-electron chi connectivity index (χ3n) is 13.0. The monoisotopic (exact) mass is 698 g/mol. The molecule has 11 heteroatoms. The van der Waals surface area contributed by atoms with Gasteiger partial charge in [0.15, 0.2) is 13.9 Å². The van der Waals surface area contributed by atoms with E-state index in [-0.39, 0.29) is 18.8 Å². The number of Topliss-reactive ketones (excluding diaryl/α,β-unsaturated/α-hetero) is 1. The molecule has 1 aromatic carbocycles. The predicted octanol–water partition coefficient (Wildman–Crippen LogP) is 6.11. The Morgan fingerprint density at radius 3 is 2.20 bits per heavy atom. The maximum absolute atomic E-state index is 14.2. The molecule has 8 unspecified atom stereocenters. The molecule has 0 amide bonds. The van der Waals surface area contributed by atoms with Crippen molar-refractivity contribution < 1.29 is 47.6 Å². The van der Waals surface area contributed by atoms with Crippen LogP contribution in [0, 0.1) is 22.7 Å². The van der Waals surface area contributed by atoms with Crippen LogP contribution < -0.4 is 0 Å². The van der Waals surface area contributed by atoms with Gasteiger partial charge >= 0.3 is 11.9 Å². The number of esters is 2. The summed E-state index contributed by atoms with van der Waals surface area (Å²) in [6, 6.07) is 11.2. The molecule has 6 rings (SSSR count). The van der Waals surface area contributed by atoms with Gasteiger partial charge in [0, 0.05) is 50.4 Å². The van der Waals surface area contributed by atoms with Gasteiger partial charge in [-0.2, -0.15) is 0 Å². The van der Waals surface area contributed by atoms with Crippen LogP contribution in [0.5, 0.6) is 0 Å². The molecule has 2 saturated heterocycles. The highest BCUT2D eigenvalue weighted by Gasteiger charge is 2.79. The van der Waals surface area contributed by atoms with E-state index < -0.39 is 84.3 Å². The average molecular weight is 699 g/mol. The van der Waals surface area contributed by atoms with E-state index in [1.807, 2.05) is 41.5 Å². The van der Waals surface area contributed by atoms with Crippen LogP contribution in [-0.2, 0) is 37.7 Å². The van der Waals surface area contributed by atoms with Gasteiger partial charge in [0.2, 0.25) is 5.79 Å². The molecule has 2 heterocycles. The Hall–Kier alpha value is -2.57. The molecule has 10 nitrogen and oxygen atoms in total. The third kappa shape index (κ3) is 5.19. The molecule has 2 aliphatic heterocycles. The SMILES string of the molecule is CC[Si](CC)(CC)OC1CC2OCC2(OC(C)=O)C2C(OC(=O)c3ccccc3)C3(O)CC(=O)C(C)/C(=C4\OC(C)(C)OC4[C@]12C)C3(C)C. The molecule has 0 spiro atoms. The molecule has 0 radical (unpaired) electrons. The quantitative estimate of drug-likeness (QED) is 0.251. The van der Waals surface area contributed by atoms with E-state index in [4.69, 9.17) is 28.1 Å². The lowest BCUT2D eigenvalue weighted by molar-refractivity contribution is -0.357. The molecule has 49 heavy (non-hydrogen) atoms. The highest BCUT2D eigenvalue weighted by Crippen LogP contribution is 2.68. The van der Waals surface area contributed by atoms with Crippen molar-refractivity contribution in [3.05, 3.63) is 47.2 Å². The van der Waals surface area contributed by atoms with E-state index in [0.717, 1.165) is 18.1 Å². The Labute approximate surface area is 291 Å². The molecule has 3 aliphatic carbocycles. The molecular formula is C38H54O10Si. The maximum Gasteiger partial charge on any atom is 0.338 e. The lowest BCUT2D eigenvalue weighted by Crippen LogP contribution is -2.81. The summed E-state index contributed by atoms with van der Waals surface area (Å²) in [6.07, 6.45) is -3.16.